The predicted molar refractivity (Wildman–Crippen MR) is 84.5 cm³/mol. The van der Waals surface area contributed by atoms with Crippen molar-refractivity contribution in [1.82, 2.24) is 10.3 Å². The van der Waals surface area contributed by atoms with Crippen molar-refractivity contribution in [1.29, 1.82) is 0 Å². The third-order valence-electron chi connectivity index (χ3n) is 3.20. The molecule has 2 rings (SSSR count). The van der Waals surface area contributed by atoms with Crippen LogP contribution >= 0.6 is 11.3 Å². The SMILES string of the molecule is COc1ccc(CC(C)NCc2csc(=O)[nH]2)cc1OC. The molecule has 0 amide bonds. The number of aromatic nitrogens is 1. The zero-order valence-corrected chi connectivity index (χ0v) is 13.3. The van der Waals surface area contributed by atoms with Gasteiger partial charge in [-0.1, -0.05) is 17.4 Å². The third kappa shape index (κ3) is 4.34. The first kappa shape index (κ1) is 15.6. The van der Waals surface area contributed by atoms with Gasteiger partial charge in [-0.15, -0.1) is 0 Å². The fraction of sp³-hybridized carbons (Fsp3) is 0.400. The van der Waals surface area contributed by atoms with E-state index in [1.165, 1.54) is 16.9 Å². The lowest BCUT2D eigenvalue weighted by atomic mass is 10.1. The van der Waals surface area contributed by atoms with E-state index in [9.17, 15) is 4.79 Å². The van der Waals surface area contributed by atoms with Gasteiger partial charge in [0.25, 0.3) is 0 Å². The number of hydrogen-bond donors (Lipinski definition) is 2. The maximum Gasteiger partial charge on any atom is 0.304 e. The molecule has 0 aliphatic carbocycles. The van der Waals surface area contributed by atoms with Gasteiger partial charge < -0.3 is 19.8 Å². The van der Waals surface area contributed by atoms with Crippen LogP contribution < -0.4 is 19.7 Å². The average molecular weight is 308 g/mol. The Kier molecular flexibility index (Phi) is 5.41. The highest BCUT2D eigenvalue weighted by atomic mass is 32.1. The van der Waals surface area contributed by atoms with E-state index < -0.39 is 0 Å². The molecule has 0 saturated carbocycles. The maximum absolute atomic E-state index is 11.1. The molecule has 2 N–H and O–H groups in total. The van der Waals surface area contributed by atoms with E-state index in [4.69, 9.17) is 9.47 Å². The molecule has 2 aromatic rings. The van der Waals surface area contributed by atoms with Crippen molar-refractivity contribution in [2.75, 3.05) is 14.2 Å². The minimum absolute atomic E-state index is 0.0145. The zero-order chi connectivity index (χ0) is 15.2. The Labute approximate surface area is 127 Å². The topological polar surface area (TPSA) is 63.3 Å². The smallest absolute Gasteiger partial charge is 0.304 e. The Balaban J connectivity index is 1.92. The number of methoxy groups -OCH3 is 2. The van der Waals surface area contributed by atoms with E-state index in [1.54, 1.807) is 14.2 Å². The van der Waals surface area contributed by atoms with Gasteiger partial charge in [-0.25, -0.2) is 0 Å². The Morgan fingerprint density at radius 2 is 2.05 bits per heavy atom. The van der Waals surface area contributed by atoms with Gasteiger partial charge in [0, 0.05) is 23.7 Å². The van der Waals surface area contributed by atoms with Gasteiger partial charge in [-0.05, 0) is 31.0 Å². The van der Waals surface area contributed by atoms with Crippen molar-refractivity contribution < 1.29 is 9.47 Å². The van der Waals surface area contributed by atoms with Crippen molar-refractivity contribution >= 4 is 11.3 Å². The Bertz CT molecular complexity index is 636. The first-order chi connectivity index (χ1) is 10.1. The second-order valence-electron chi connectivity index (χ2n) is 4.85. The second-order valence-corrected chi connectivity index (χ2v) is 5.69. The van der Waals surface area contributed by atoms with Crippen molar-refractivity contribution in [3.05, 3.63) is 44.5 Å². The molecular weight excluding hydrogens is 288 g/mol. The van der Waals surface area contributed by atoms with Crippen molar-refractivity contribution in [2.24, 2.45) is 0 Å². The summed E-state index contributed by atoms with van der Waals surface area (Å²) in [5.74, 6) is 1.47. The van der Waals surface area contributed by atoms with E-state index >= 15 is 0 Å². The number of thiazole rings is 1. The van der Waals surface area contributed by atoms with Crippen LogP contribution in [0, 0.1) is 0 Å². The Morgan fingerprint density at radius 1 is 1.29 bits per heavy atom. The second kappa shape index (κ2) is 7.28. The van der Waals surface area contributed by atoms with Crippen molar-refractivity contribution in [2.45, 2.75) is 25.9 Å². The molecule has 1 atom stereocenters. The van der Waals surface area contributed by atoms with Gasteiger partial charge >= 0.3 is 4.87 Å². The number of hydrogen-bond acceptors (Lipinski definition) is 5. The summed E-state index contributed by atoms with van der Waals surface area (Å²) in [6, 6.07) is 6.22. The molecule has 0 spiro atoms. The number of ether oxygens (including phenoxy) is 2. The summed E-state index contributed by atoms with van der Waals surface area (Å²) < 4.78 is 10.5. The van der Waals surface area contributed by atoms with E-state index in [0.29, 0.717) is 6.54 Å². The minimum atomic E-state index is -0.0145. The lowest BCUT2D eigenvalue weighted by Gasteiger charge is -2.15. The summed E-state index contributed by atoms with van der Waals surface area (Å²) in [6.45, 7) is 2.77. The fourth-order valence-electron chi connectivity index (χ4n) is 2.12. The van der Waals surface area contributed by atoms with Gasteiger partial charge in [0.15, 0.2) is 11.5 Å². The Morgan fingerprint density at radius 3 is 2.67 bits per heavy atom. The van der Waals surface area contributed by atoms with Crippen LogP contribution in [0.15, 0.2) is 28.4 Å². The molecule has 5 nitrogen and oxygen atoms in total. The quantitative estimate of drug-likeness (QED) is 0.823. The van der Waals surface area contributed by atoms with Crippen LogP contribution in [0.1, 0.15) is 18.2 Å². The van der Waals surface area contributed by atoms with Crippen LogP contribution in [0.4, 0.5) is 0 Å². The first-order valence-electron chi connectivity index (χ1n) is 6.73. The van der Waals surface area contributed by atoms with Crippen molar-refractivity contribution in [3.8, 4) is 11.5 Å². The molecule has 0 fully saturated rings. The fourth-order valence-corrected chi connectivity index (χ4v) is 2.70. The summed E-state index contributed by atoms with van der Waals surface area (Å²) in [4.78, 5) is 13.8. The summed E-state index contributed by atoms with van der Waals surface area (Å²) in [5, 5.41) is 5.24. The van der Waals surface area contributed by atoms with Crippen LogP contribution in [0.3, 0.4) is 0 Å². The largest absolute Gasteiger partial charge is 0.493 e. The molecule has 6 heteroatoms. The number of benzene rings is 1. The van der Waals surface area contributed by atoms with Gasteiger partial charge in [0.1, 0.15) is 0 Å². The third-order valence-corrected chi connectivity index (χ3v) is 3.92. The van der Waals surface area contributed by atoms with E-state index in [2.05, 4.69) is 17.2 Å². The van der Waals surface area contributed by atoms with Crippen LogP contribution in [-0.2, 0) is 13.0 Å². The van der Waals surface area contributed by atoms with E-state index in [1.807, 2.05) is 23.6 Å². The standard InChI is InChI=1S/C15H20N2O3S/c1-10(16-8-12-9-21-15(18)17-12)6-11-4-5-13(19-2)14(7-11)20-3/h4-5,7,9-10,16H,6,8H2,1-3H3,(H,17,18). The van der Waals surface area contributed by atoms with Gasteiger partial charge in [0.05, 0.1) is 14.2 Å². The number of aromatic amines is 1. The molecule has 0 saturated heterocycles. The molecule has 0 radical (unpaired) electrons. The number of rotatable bonds is 7. The molecule has 1 aromatic carbocycles. The zero-order valence-electron chi connectivity index (χ0n) is 12.4. The summed E-state index contributed by atoms with van der Waals surface area (Å²) >= 11 is 1.19. The first-order valence-corrected chi connectivity index (χ1v) is 7.61. The van der Waals surface area contributed by atoms with Crippen LogP contribution in [0.25, 0.3) is 0 Å². The van der Waals surface area contributed by atoms with Crippen LogP contribution in [0.2, 0.25) is 0 Å². The normalized spacial score (nSPS) is 12.1. The molecule has 0 bridgehead atoms. The lowest BCUT2D eigenvalue weighted by molar-refractivity contribution is 0.354. The van der Waals surface area contributed by atoms with Crippen LogP contribution in [0.5, 0.6) is 11.5 Å². The van der Waals surface area contributed by atoms with Crippen LogP contribution in [-0.4, -0.2) is 25.2 Å². The highest BCUT2D eigenvalue weighted by Gasteiger charge is 2.08. The highest BCUT2D eigenvalue weighted by molar-refractivity contribution is 7.07. The number of H-pyrrole nitrogens is 1. The molecular formula is C15H20N2O3S. The molecule has 1 heterocycles. The lowest BCUT2D eigenvalue weighted by Crippen LogP contribution is -2.27. The Hall–Kier alpha value is -1.79. The van der Waals surface area contributed by atoms with Crippen molar-refractivity contribution in [3.63, 3.8) is 0 Å². The summed E-state index contributed by atoms with van der Waals surface area (Å²) in [7, 11) is 3.26. The molecule has 0 aliphatic heterocycles. The highest BCUT2D eigenvalue weighted by Crippen LogP contribution is 2.27. The van der Waals surface area contributed by atoms with Gasteiger partial charge in [-0.3, -0.25) is 4.79 Å². The predicted octanol–water partition coefficient (Wildman–Crippen LogP) is 2.17. The minimum Gasteiger partial charge on any atom is -0.493 e. The van der Waals surface area contributed by atoms with E-state index in [0.717, 1.165) is 23.6 Å². The molecule has 114 valence electrons. The van der Waals surface area contributed by atoms with Gasteiger partial charge in [0.2, 0.25) is 0 Å². The monoisotopic (exact) mass is 308 g/mol. The molecule has 21 heavy (non-hydrogen) atoms. The van der Waals surface area contributed by atoms with Gasteiger partial charge in [-0.2, -0.15) is 0 Å². The molecule has 1 aromatic heterocycles. The molecule has 1 unspecified atom stereocenters. The number of nitrogens with one attached hydrogen (secondary N) is 2. The summed E-state index contributed by atoms with van der Waals surface area (Å²) in [6.07, 6.45) is 0.870. The summed E-state index contributed by atoms with van der Waals surface area (Å²) in [5.41, 5.74) is 2.09. The molecule has 0 aliphatic rings. The van der Waals surface area contributed by atoms with E-state index in [-0.39, 0.29) is 10.9 Å². The maximum atomic E-state index is 11.1. The average Bonchev–Trinajstić information content (AvgIpc) is 2.90.